The van der Waals surface area contributed by atoms with E-state index in [9.17, 15) is 30.0 Å². The van der Waals surface area contributed by atoms with Crippen LogP contribution in [0.3, 0.4) is 0 Å². The first kappa shape index (κ1) is 22.9. The molecule has 2 aliphatic heterocycles. The highest BCUT2D eigenvalue weighted by Crippen LogP contribution is 2.32. The number of aliphatic carboxylic acids is 1. The number of carbonyl (C=O) groups excluding carboxylic acids is 1. The molecule has 10 atom stereocenters. The van der Waals surface area contributed by atoms with Crippen LogP contribution in [0.4, 0.5) is 0 Å². The number of nitrogens with one attached hydrogen (secondary N) is 1. The molecule has 2 saturated heterocycles. The number of carboxylic acids is 1. The zero-order valence-corrected chi connectivity index (χ0v) is 16.2. The summed E-state index contributed by atoms with van der Waals surface area (Å²) in [5, 5.41) is 42.2. The first-order valence-electron chi connectivity index (χ1n) is 9.08. The highest BCUT2D eigenvalue weighted by molar-refractivity contribution is 5.74. The number of methoxy groups -OCH3 is 1. The summed E-state index contributed by atoms with van der Waals surface area (Å²) in [6.07, 6.45) is -8.76. The van der Waals surface area contributed by atoms with Gasteiger partial charge in [-0.25, -0.2) is 4.79 Å². The smallest absolute Gasteiger partial charge is 0.335 e. The average Bonchev–Trinajstić information content (AvgIpc) is 2.63. The number of carbonyl (C=O) groups is 2. The lowest BCUT2D eigenvalue weighted by Gasteiger charge is -2.47. The van der Waals surface area contributed by atoms with Gasteiger partial charge in [0.15, 0.2) is 12.4 Å². The van der Waals surface area contributed by atoms with E-state index in [1.165, 1.54) is 14.0 Å². The van der Waals surface area contributed by atoms with Crippen molar-refractivity contribution < 1.29 is 49.0 Å². The van der Waals surface area contributed by atoms with E-state index in [0.717, 1.165) is 0 Å². The molecule has 0 aromatic rings. The van der Waals surface area contributed by atoms with Crippen LogP contribution in [0.15, 0.2) is 0 Å². The molecule has 162 valence electrons. The van der Waals surface area contributed by atoms with Gasteiger partial charge in [0, 0.05) is 20.0 Å². The Kier molecular flexibility index (Phi) is 7.73. The van der Waals surface area contributed by atoms with Crippen LogP contribution in [0.1, 0.15) is 20.8 Å². The summed E-state index contributed by atoms with van der Waals surface area (Å²) < 4.78 is 22.1. The highest BCUT2D eigenvalue weighted by Gasteiger charge is 2.51. The minimum Gasteiger partial charge on any atom is -0.479 e. The lowest BCUT2D eigenvalue weighted by Crippen LogP contribution is -2.67. The minimum absolute atomic E-state index is 0.449. The molecule has 11 heteroatoms. The molecule has 0 spiro atoms. The fourth-order valence-corrected chi connectivity index (χ4v) is 3.69. The fraction of sp³-hybridized carbons (Fsp3) is 0.882. The van der Waals surface area contributed by atoms with Gasteiger partial charge in [0.1, 0.15) is 30.5 Å². The summed E-state index contributed by atoms with van der Waals surface area (Å²) >= 11 is 0. The van der Waals surface area contributed by atoms with Crippen molar-refractivity contribution in [2.45, 2.75) is 75.8 Å². The molecule has 2 fully saturated rings. The molecular formula is C17H29NO10. The molecule has 0 radical (unpaired) electrons. The van der Waals surface area contributed by atoms with Crippen LogP contribution in [0.5, 0.6) is 0 Å². The number of hydrogen-bond donors (Lipinski definition) is 5. The predicted molar refractivity (Wildman–Crippen MR) is 92.2 cm³/mol. The lowest BCUT2D eigenvalue weighted by atomic mass is 9.87. The first-order valence-corrected chi connectivity index (χ1v) is 9.08. The Morgan fingerprint density at radius 2 is 1.75 bits per heavy atom. The van der Waals surface area contributed by atoms with Crippen molar-refractivity contribution in [1.82, 2.24) is 5.32 Å². The molecule has 0 bridgehead atoms. The van der Waals surface area contributed by atoms with Gasteiger partial charge in [-0.3, -0.25) is 4.79 Å². The fourth-order valence-electron chi connectivity index (χ4n) is 3.69. The summed E-state index contributed by atoms with van der Waals surface area (Å²) in [5.74, 6) is -2.35. The predicted octanol–water partition coefficient (Wildman–Crippen LogP) is -2.16. The maximum atomic E-state index is 11.7. The van der Waals surface area contributed by atoms with E-state index < -0.39 is 79.5 Å². The van der Waals surface area contributed by atoms with E-state index >= 15 is 0 Å². The van der Waals surface area contributed by atoms with E-state index in [1.54, 1.807) is 13.8 Å². The number of ether oxygens (including phenoxy) is 4. The second-order valence-electron chi connectivity index (χ2n) is 7.19. The van der Waals surface area contributed by atoms with Crippen molar-refractivity contribution in [1.29, 1.82) is 0 Å². The Morgan fingerprint density at radius 1 is 1.11 bits per heavy atom. The van der Waals surface area contributed by atoms with Crippen molar-refractivity contribution in [2.24, 2.45) is 5.92 Å². The van der Waals surface area contributed by atoms with Gasteiger partial charge in [-0.1, -0.05) is 6.92 Å². The number of hydrogen-bond acceptors (Lipinski definition) is 9. The lowest BCUT2D eigenvalue weighted by molar-refractivity contribution is -0.312. The van der Waals surface area contributed by atoms with Gasteiger partial charge in [-0.15, -0.1) is 0 Å². The van der Waals surface area contributed by atoms with Crippen LogP contribution in [0.2, 0.25) is 0 Å². The van der Waals surface area contributed by atoms with Crippen molar-refractivity contribution >= 4 is 11.9 Å². The van der Waals surface area contributed by atoms with Gasteiger partial charge in [0.25, 0.3) is 0 Å². The summed E-state index contributed by atoms with van der Waals surface area (Å²) in [5.41, 5.74) is 0. The third-order valence-corrected chi connectivity index (χ3v) is 5.23. The van der Waals surface area contributed by atoms with Crippen LogP contribution in [0.25, 0.3) is 0 Å². The first-order chi connectivity index (χ1) is 13.1. The number of aliphatic hydroxyl groups excluding tert-OH is 3. The van der Waals surface area contributed by atoms with Crippen LogP contribution in [-0.2, 0) is 28.5 Å². The zero-order valence-electron chi connectivity index (χ0n) is 16.2. The van der Waals surface area contributed by atoms with Gasteiger partial charge < -0.3 is 44.7 Å². The molecular weight excluding hydrogens is 378 g/mol. The van der Waals surface area contributed by atoms with Crippen molar-refractivity contribution in [2.75, 3.05) is 13.7 Å². The molecule has 5 unspecified atom stereocenters. The van der Waals surface area contributed by atoms with Crippen LogP contribution in [0, 0.1) is 5.92 Å². The molecule has 2 heterocycles. The van der Waals surface area contributed by atoms with E-state index in [0.29, 0.717) is 0 Å². The molecule has 1 amide bonds. The molecule has 0 aromatic carbocycles. The Balaban J connectivity index is 2.31. The Labute approximate surface area is 162 Å². The molecule has 2 aliphatic rings. The van der Waals surface area contributed by atoms with E-state index in [-0.39, 0.29) is 0 Å². The van der Waals surface area contributed by atoms with Gasteiger partial charge in [0.05, 0.1) is 18.8 Å². The van der Waals surface area contributed by atoms with Crippen LogP contribution < -0.4 is 5.32 Å². The van der Waals surface area contributed by atoms with E-state index in [4.69, 9.17) is 18.9 Å². The Hall–Kier alpha value is -1.34. The molecule has 11 nitrogen and oxygen atoms in total. The summed E-state index contributed by atoms with van der Waals surface area (Å²) in [4.78, 5) is 23.3. The third-order valence-electron chi connectivity index (χ3n) is 5.23. The largest absolute Gasteiger partial charge is 0.479 e. The normalized spacial score (nSPS) is 44.1. The van der Waals surface area contributed by atoms with Gasteiger partial charge >= 0.3 is 5.97 Å². The molecule has 0 aromatic heterocycles. The van der Waals surface area contributed by atoms with E-state index in [1.807, 2.05) is 0 Å². The van der Waals surface area contributed by atoms with Crippen LogP contribution in [-0.4, -0.2) is 101 Å². The third kappa shape index (κ3) is 4.62. The second-order valence-corrected chi connectivity index (χ2v) is 7.19. The van der Waals surface area contributed by atoms with Crippen molar-refractivity contribution in [3.05, 3.63) is 0 Å². The molecule has 5 N–H and O–H groups in total. The quantitative estimate of drug-likeness (QED) is 0.327. The number of carboxylic acid groups (broad SMARTS) is 1. The minimum atomic E-state index is -1.38. The maximum absolute atomic E-state index is 11.7. The summed E-state index contributed by atoms with van der Waals surface area (Å²) in [6, 6.07) is -0.988. The van der Waals surface area contributed by atoms with Crippen molar-refractivity contribution in [3.63, 3.8) is 0 Å². The number of rotatable bonds is 6. The standard InChI is InChI=1S/C17H29NO10/c1-6-11(21)7(2)26-15(16(23)24)13(6)28-17-10(18-8(3)20)14(25-4)12(22)9(5-19)27-17/h6-7,9-15,17,19,21-22H,5H2,1-4H3,(H,18,20)(H,23,24)/t6?,7-,9?,10?,11?,12+,13+,14-,15?,17-/m0/s1. The average molecular weight is 407 g/mol. The zero-order chi connectivity index (χ0) is 21.2. The topological polar surface area (TPSA) is 164 Å². The SMILES string of the molecule is CO[C@H]1C(NC(C)=O)[C@H](O[C@H]2C(C(=O)O)O[C@@H](C)C(O)C2C)OC(CO)[C@H]1O. The van der Waals surface area contributed by atoms with E-state index in [2.05, 4.69) is 5.32 Å². The molecule has 28 heavy (non-hydrogen) atoms. The van der Waals surface area contributed by atoms with Gasteiger partial charge in [-0.05, 0) is 6.92 Å². The molecule has 0 saturated carbocycles. The Bertz CT molecular complexity index is 560. The van der Waals surface area contributed by atoms with Crippen molar-refractivity contribution in [3.8, 4) is 0 Å². The monoisotopic (exact) mass is 407 g/mol. The number of amides is 1. The number of aliphatic hydroxyl groups is 3. The molecule has 0 aliphatic carbocycles. The van der Waals surface area contributed by atoms with Crippen LogP contribution >= 0.6 is 0 Å². The maximum Gasteiger partial charge on any atom is 0.335 e. The highest BCUT2D eigenvalue weighted by atomic mass is 16.7. The summed E-state index contributed by atoms with van der Waals surface area (Å²) in [6.45, 7) is 3.88. The molecule has 2 rings (SSSR count). The second kappa shape index (κ2) is 9.44. The summed E-state index contributed by atoms with van der Waals surface area (Å²) in [7, 11) is 1.32. The van der Waals surface area contributed by atoms with Gasteiger partial charge in [0.2, 0.25) is 5.91 Å². The van der Waals surface area contributed by atoms with Gasteiger partial charge in [-0.2, -0.15) is 0 Å². The Morgan fingerprint density at radius 3 is 2.25 bits per heavy atom.